The Hall–Kier alpha value is -2.93. The number of nitrogens with one attached hydrogen (secondary N) is 4. The summed E-state index contributed by atoms with van der Waals surface area (Å²) in [6.45, 7) is 3.89. The third-order valence-electron chi connectivity index (χ3n) is 5.45. The smallest absolute Gasteiger partial charge is 0.319 e. The van der Waals surface area contributed by atoms with E-state index in [2.05, 4.69) is 26.3 Å². The van der Waals surface area contributed by atoms with Crippen LogP contribution in [0.15, 0.2) is 54.9 Å². The number of pyridine rings is 1. The van der Waals surface area contributed by atoms with Gasteiger partial charge in [-0.25, -0.2) is 4.79 Å². The molecule has 160 valence electrons. The van der Waals surface area contributed by atoms with E-state index >= 15 is 0 Å². The van der Waals surface area contributed by atoms with Gasteiger partial charge in [0.1, 0.15) is 6.04 Å². The minimum Gasteiger partial charge on any atom is -0.347 e. The number of rotatable bonds is 8. The lowest BCUT2D eigenvalue weighted by atomic mass is 9.86. The van der Waals surface area contributed by atoms with E-state index < -0.39 is 6.04 Å². The van der Waals surface area contributed by atoms with Crippen molar-refractivity contribution < 1.29 is 9.59 Å². The van der Waals surface area contributed by atoms with Gasteiger partial charge in [0, 0.05) is 18.1 Å². The molecule has 1 fully saturated rings. The maximum atomic E-state index is 13.2. The summed E-state index contributed by atoms with van der Waals surface area (Å²) < 4.78 is 0. The number of aromatic nitrogens is 1. The largest absolute Gasteiger partial charge is 0.347 e. The molecule has 1 aromatic heterocycles. The van der Waals surface area contributed by atoms with Crippen LogP contribution in [-0.4, -0.2) is 36.1 Å². The Labute approximate surface area is 178 Å². The zero-order valence-corrected chi connectivity index (χ0v) is 17.4. The molecule has 7 heteroatoms. The fourth-order valence-electron chi connectivity index (χ4n) is 3.88. The van der Waals surface area contributed by atoms with E-state index in [1.165, 1.54) is 0 Å². The average molecular weight is 410 g/mol. The fourth-order valence-corrected chi connectivity index (χ4v) is 3.88. The van der Waals surface area contributed by atoms with Crippen LogP contribution in [0.1, 0.15) is 44.2 Å². The number of piperidine rings is 1. The molecule has 2 atom stereocenters. The third-order valence-corrected chi connectivity index (χ3v) is 5.45. The van der Waals surface area contributed by atoms with Crippen molar-refractivity contribution in [1.29, 1.82) is 0 Å². The molecule has 3 rings (SSSR count). The monoisotopic (exact) mass is 409 g/mol. The number of benzene rings is 1. The van der Waals surface area contributed by atoms with Gasteiger partial charge in [-0.2, -0.15) is 0 Å². The highest BCUT2D eigenvalue weighted by Crippen LogP contribution is 2.28. The highest BCUT2D eigenvalue weighted by molar-refractivity contribution is 5.93. The quantitative estimate of drug-likeness (QED) is 0.538. The number of amides is 3. The second-order valence-corrected chi connectivity index (χ2v) is 7.66. The summed E-state index contributed by atoms with van der Waals surface area (Å²) in [7, 11) is 0. The Balaban J connectivity index is 1.68. The summed E-state index contributed by atoms with van der Waals surface area (Å²) in [6, 6.07) is 12.1. The molecule has 0 bridgehead atoms. The molecule has 30 heavy (non-hydrogen) atoms. The van der Waals surface area contributed by atoms with E-state index in [0.717, 1.165) is 37.9 Å². The van der Waals surface area contributed by atoms with Crippen molar-refractivity contribution >= 4 is 17.6 Å². The van der Waals surface area contributed by atoms with Gasteiger partial charge in [-0.05, 0) is 68.1 Å². The molecule has 7 nitrogen and oxygen atoms in total. The van der Waals surface area contributed by atoms with E-state index in [-0.39, 0.29) is 18.0 Å². The van der Waals surface area contributed by atoms with Crippen molar-refractivity contribution in [1.82, 2.24) is 20.9 Å². The fraction of sp³-hybridized carbons (Fsp3) is 0.435. The van der Waals surface area contributed by atoms with Gasteiger partial charge >= 0.3 is 6.03 Å². The van der Waals surface area contributed by atoms with Crippen molar-refractivity contribution in [3.05, 3.63) is 60.4 Å². The van der Waals surface area contributed by atoms with Crippen LogP contribution < -0.4 is 21.3 Å². The third kappa shape index (κ3) is 6.29. The molecule has 0 saturated carbocycles. The van der Waals surface area contributed by atoms with Crippen LogP contribution in [-0.2, 0) is 4.79 Å². The SMILES string of the molecule is CCCC(NC(=O)Nc1ccccc1)C(=O)NC(c1ccncc1)C1CCNCC1. The molecule has 0 aliphatic carbocycles. The summed E-state index contributed by atoms with van der Waals surface area (Å²) in [5.41, 5.74) is 1.74. The molecular formula is C23H31N5O2. The molecule has 1 aliphatic rings. The van der Waals surface area contributed by atoms with Crippen molar-refractivity contribution in [3.8, 4) is 0 Å². The van der Waals surface area contributed by atoms with Crippen LogP contribution in [0, 0.1) is 5.92 Å². The zero-order valence-electron chi connectivity index (χ0n) is 17.4. The van der Waals surface area contributed by atoms with Gasteiger partial charge in [-0.1, -0.05) is 31.5 Å². The van der Waals surface area contributed by atoms with Gasteiger partial charge in [0.2, 0.25) is 5.91 Å². The molecule has 1 aromatic carbocycles. The first-order valence-electron chi connectivity index (χ1n) is 10.7. The Bertz CT molecular complexity index is 794. The van der Waals surface area contributed by atoms with Crippen LogP contribution in [0.25, 0.3) is 0 Å². The molecule has 2 heterocycles. The number of carbonyl (C=O) groups excluding carboxylic acids is 2. The second-order valence-electron chi connectivity index (χ2n) is 7.66. The van der Waals surface area contributed by atoms with Crippen LogP contribution in [0.4, 0.5) is 10.5 Å². The number of hydrogen-bond donors (Lipinski definition) is 4. The molecule has 0 radical (unpaired) electrons. The maximum absolute atomic E-state index is 13.2. The molecule has 3 amide bonds. The van der Waals surface area contributed by atoms with Gasteiger partial charge in [-0.3, -0.25) is 9.78 Å². The number of para-hydroxylation sites is 1. The highest BCUT2D eigenvalue weighted by atomic mass is 16.2. The predicted octanol–water partition coefficient (Wildman–Crippen LogP) is 3.23. The topological polar surface area (TPSA) is 95.2 Å². The lowest BCUT2D eigenvalue weighted by Crippen LogP contribution is -2.50. The highest BCUT2D eigenvalue weighted by Gasteiger charge is 2.29. The van der Waals surface area contributed by atoms with Crippen LogP contribution in [0.2, 0.25) is 0 Å². The van der Waals surface area contributed by atoms with Crippen molar-refractivity contribution in [2.75, 3.05) is 18.4 Å². The van der Waals surface area contributed by atoms with Gasteiger partial charge in [0.05, 0.1) is 6.04 Å². The first kappa shape index (κ1) is 21.8. The Kier molecular flexibility index (Phi) is 8.20. The molecule has 1 aliphatic heterocycles. The van der Waals surface area contributed by atoms with Gasteiger partial charge in [0.25, 0.3) is 0 Å². The van der Waals surface area contributed by atoms with Crippen molar-refractivity contribution in [2.45, 2.75) is 44.7 Å². The summed E-state index contributed by atoms with van der Waals surface area (Å²) in [5.74, 6) is 0.193. The lowest BCUT2D eigenvalue weighted by molar-refractivity contribution is -0.124. The minimum atomic E-state index is -0.593. The number of hydrogen-bond acceptors (Lipinski definition) is 4. The Morgan fingerprint density at radius 3 is 2.43 bits per heavy atom. The normalized spacial score (nSPS) is 16.3. The van der Waals surface area contributed by atoms with E-state index in [1.807, 2.05) is 49.4 Å². The second kappa shape index (κ2) is 11.3. The van der Waals surface area contributed by atoms with E-state index in [0.29, 0.717) is 18.0 Å². The summed E-state index contributed by atoms with van der Waals surface area (Å²) in [5, 5.41) is 12.2. The number of nitrogens with zero attached hydrogens (tertiary/aromatic N) is 1. The first-order valence-corrected chi connectivity index (χ1v) is 10.7. The summed E-state index contributed by atoms with van der Waals surface area (Å²) in [4.78, 5) is 29.7. The average Bonchev–Trinajstić information content (AvgIpc) is 2.79. The number of urea groups is 1. The Morgan fingerprint density at radius 1 is 1.07 bits per heavy atom. The van der Waals surface area contributed by atoms with E-state index in [4.69, 9.17) is 0 Å². The molecule has 4 N–H and O–H groups in total. The molecule has 0 spiro atoms. The maximum Gasteiger partial charge on any atom is 0.319 e. The number of carbonyl (C=O) groups is 2. The standard InChI is InChI=1S/C23H31N5O2/c1-2-6-20(27-23(30)26-19-7-4-3-5-8-19)22(29)28-21(17-9-13-24-14-10-17)18-11-15-25-16-12-18/h3-5,7-10,13-14,18,20-21,25H,2,6,11-12,15-16H2,1H3,(H,28,29)(H2,26,27,30). The summed E-state index contributed by atoms with van der Waals surface area (Å²) >= 11 is 0. The first-order chi connectivity index (χ1) is 14.7. The van der Waals surface area contributed by atoms with Crippen LogP contribution >= 0.6 is 0 Å². The zero-order chi connectivity index (χ0) is 21.2. The predicted molar refractivity (Wildman–Crippen MR) is 118 cm³/mol. The van der Waals surface area contributed by atoms with Crippen LogP contribution in [0.3, 0.4) is 0 Å². The molecule has 2 unspecified atom stereocenters. The lowest BCUT2D eigenvalue weighted by Gasteiger charge is -2.33. The number of anilines is 1. The van der Waals surface area contributed by atoms with E-state index in [9.17, 15) is 9.59 Å². The minimum absolute atomic E-state index is 0.0964. The van der Waals surface area contributed by atoms with Crippen molar-refractivity contribution in [3.63, 3.8) is 0 Å². The molecular weight excluding hydrogens is 378 g/mol. The Morgan fingerprint density at radius 2 is 1.77 bits per heavy atom. The van der Waals surface area contributed by atoms with Crippen LogP contribution in [0.5, 0.6) is 0 Å². The summed E-state index contributed by atoms with van der Waals surface area (Å²) in [6.07, 6.45) is 6.86. The molecule has 2 aromatic rings. The molecule has 1 saturated heterocycles. The van der Waals surface area contributed by atoms with Gasteiger partial charge in [-0.15, -0.1) is 0 Å². The van der Waals surface area contributed by atoms with Gasteiger partial charge in [0.15, 0.2) is 0 Å². The van der Waals surface area contributed by atoms with Gasteiger partial charge < -0.3 is 21.3 Å². The van der Waals surface area contributed by atoms with E-state index in [1.54, 1.807) is 12.4 Å². The van der Waals surface area contributed by atoms with Crippen molar-refractivity contribution in [2.24, 2.45) is 5.92 Å².